The lowest BCUT2D eigenvalue weighted by molar-refractivity contribution is -0.105. The van der Waals surface area contributed by atoms with Gasteiger partial charge in [0, 0.05) is 19.2 Å². The van der Waals surface area contributed by atoms with Crippen molar-refractivity contribution in [2.24, 2.45) is 0 Å². The Morgan fingerprint density at radius 1 is 1.36 bits per heavy atom. The molecule has 2 N–H and O–H groups in total. The second kappa shape index (κ2) is 9.27. The normalized spacial score (nSPS) is 10.4. The molecule has 0 aromatic heterocycles. The molecule has 1 aromatic rings. The summed E-state index contributed by atoms with van der Waals surface area (Å²) in [7, 11) is 1.46. The van der Waals surface area contributed by atoms with Gasteiger partial charge in [0.15, 0.2) is 0 Å². The van der Waals surface area contributed by atoms with Crippen LogP contribution in [0.4, 0.5) is 5.69 Å². The second-order valence-electron chi connectivity index (χ2n) is 4.58. The van der Waals surface area contributed by atoms with E-state index >= 15 is 0 Å². The summed E-state index contributed by atoms with van der Waals surface area (Å²) in [5, 5.41) is 5.58. The van der Waals surface area contributed by atoms with Gasteiger partial charge in [-0.15, -0.1) is 0 Å². The van der Waals surface area contributed by atoms with Crippen LogP contribution >= 0.6 is 11.6 Å². The summed E-state index contributed by atoms with van der Waals surface area (Å²) >= 11 is 6.05. The van der Waals surface area contributed by atoms with E-state index in [0.717, 1.165) is 19.6 Å². The molecule has 1 aromatic carbocycles. The Hall–Kier alpha value is -1.79. The van der Waals surface area contributed by atoms with Gasteiger partial charge in [-0.1, -0.05) is 25.4 Å². The number of ether oxygens (including phenoxy) is 1. The van der Waals surface area contributed by atoms with Crippen molar-refractivity contribution in [2.45, 2.75) is 13.8 Å². The number of hydrogen-bond acceptors (Lipinski definition) is 4. The van der Waals surface area contributed by atoms with Gasteiger partial charge in [0.2, 0.25) is 6.41 Å². The van der Waals surface area contributed by atoms with E-state index in [1.807, 2.05) is 0 Å². The van der Waals surface area contributed by atoms with Crippen molar-refractivity contribution < 1.29 is 14.3 Å². The molecule has 0 radical (unpaired) electrons. The molecule has 22 heavy (non-hydrogen) atoms. The number of amides is 2. The molecule has 0 saturated carbocycles. The van der Waals surface area contributed by atoms with Crippen LogP contribution in [0.2, 0.25) is 5.02 Å². The average Bonchev–Trinajstić information content (AvgIpc) is 2.53. The average molecular weight is 328 g/mol. The third kappa shape index (κ3) is 4.89. The Morgan fingerprint density at radius 3 is 2.59 bits per heavy atom. The van der Waals surface area contributed by atoms with E-state index in [2.05, 4.69) is 29.4 Å². The quantitative estimate of drug-likeness (QED) is 0.680. The van der Waals surface area contributed by atoms with Gasteiger partial charge < -0.3 is 20.3 Å². The predicted molar refractivity (Wildman–Crippen MR) is 87.8 cm³/mol. The van der Waals surface area contributed by atoms with Gasteiger partial charge in [-0.05, 0) is 19.2 Å². The standard InChI is InChI=1S/C15H22ClN3O3/c1-4-19(5-2)7-6-17-15(21)11-8-12(16)13(18-10-20)9-14(11)22-3/h8-10H,4-7H2,1-3H3,(H,17,21)(H,18,20). The SMILES string of the molecule is CCN(CC)CCNC(=O)c1cc(Cl)c(NC=O)cc1OC. The van der Waals surface area contributed by atoms with Crippen molar-refractivity contribution in [2.75, 3.05) is 38.6 Å². The predicted octanol–water partition coefficient (Wildman–Crippen LogP) is 1.99. The fraction of sp³-hybridized carbons (Fsp3) is 0.467. The van der Waals surface area contributed by atoms with E-state index in [9.17, 15) is 9.59 Å². The molecule has 0 atom stereocenters. The number of methoxy groups -OCH3 is 1. The van der Waals surface area contributed by atoms with Crippen molar-refractivity contribution in [3.8, 4) is 5.75 Å². The molecule has 6 nitrogen and oxygen atoms in total. The van der Waals surface area contributed by atoms with Gasteiger partial charge in [0.1, 0.15) is 5.75 Å². The van der Waals surface area contributed by atoms with Crippen LogP contribution in [-0.2, 0) is 4.79 Å². The molecule has 0 spiro atoms. The molecule has 0 bridgehead atoms. The maximum atomic E-state index is 12.2. The minimum absolute atomic E-state index is 0.261. The highest BCUT2D eigenvalue weighted by molar-refractivity contribution is 6.34. The van der Waals surface area contributed by atoms with Crippen LogP contribution in [0.1, 0.15) is 24.2 Å². The molecule has 2 amide bonds. The van der Waals surface area contributed by atoms with Crippen LogP contribution < -0.4 is 15.4 Å². The molecule has 0 aliphatic heterocycles. The third-order valence-corrected chi connectivity index (χ3v) is 3.67. The Morgan fingerprint density at radius 2 is 2.05 bits per heavy atom. The van der Waals surface area contributed by atoms with Crippen LogP contribution in [-0.4, -0.2) is 50.5 Å². The summed E-state index contributed by atoms with van der Waals surface area (Å²) in [5.41, 5.74) is 0.733. The van der Waals surface area contributed by atoms with Crippen LogP contribution in [0.5, 0.6) is 5.75 Å². The molecule has 0 heterocycles. The number of nitrogens with zero attached hydrogens (tertiary/aromatic N) is 1. The second-order valence-corrected chi connectivity index (χ2v) is 4.98. The Kier molecular flexibility index (Phi) is 7.70. The van der Waals surface area contributed by atoms with E-state index in [0.29, 0.717) is 30.0 Å². The zero-order chi connectivity index (χ0) is 16.5. The van der Waals surface area contributed by atoms with Gasteiger partial charge >= 0.3 is 0 Å². The molecular weight excluding hydrogens is 306 g/mol. The lowest BCUT2D eigenvalue weighted by Gasteiger charge is -2.18. The number of rotatable bonds is 9. The summed E-state index contributed by atoms with van der Waals surface area (Å²) in [4.78, 5) is 25.0. The Balaban J connectivity index is 2.80. The fourth-order valence-corrected chi connectivity index (χ4v) is 2.25. The molecular formula is C15H22ClN3O3. The minimum Gasteiger partial charge on any atom is -0.496 e. The zero-order valence-corrected chi connectivity index (χ0v) is 13.9. The molecule has 7 heteroatoms. The van der Waals surface area contributed by atoms with Crippen molar-refractivity contribution in [3.63, 3.8) is 0 Å². The van der Waals surface area contributed by atoms with Gasteiger partial charge in [0.25, 0.3) is 5.91 Å². The van der Waals surface area contributed by atoms with Crippen LogP contribution in [0.25, 0.3) is 0 Å². The summed E-state index contributed by atoms with van der Waals surface area (Å²) < 4.78 is 5.19. The molecule has 122 valence electrons. The first-order chi connectivity index (χ1) is 10.6. The van der Waals surface area contributed by atoms with Crippen LogP contribution in [0, 0.1) is 0 Å². The fourth-order valence-electron chi connectivity index (χ4n) is 2.04. The van der Waals surface area contributed by atoms with E-state index in [1.54, 1.807) is 0 Å². The topological polar surface area (TPSA) is 70.7 Å². The number of halogens is 1. The first-order valence-corrected chi connectivity index (χ1v) is 7.53. The Bertz CT molecular complexity index is 519. The van der Waals surface area contributed by atoms with E-state index < -0.39 is 0 Å². The minimum atomic E-state index is -0.261. The highest BCUT2D eigenvalue weighted by Gasteiger charge is 2.15. The number of anilines is 1. The van der Waals surface area contributed by atoms with Crippen molar-refractivity contribution in [1.29, 1.82) is 0 Å². The van der Waals surface area contributed by atoms with Crippen LogP contribution in [0.3, 0.4) is 0 Å². The molecule has 0 aliphatic carbocycles. The maximum Gasteiger partial charge on any atom is 0.255 e. The molecule has 0 unspecified atom stereocenters. The van der Waals surface area contributed by atoms with Gasteiger partial charge in [-0.25, -0.2) is 0 Å². The first kappa shape index (κ1) is 18.3. The highest BCUT2D eigenvalue weighted by Crippen LogP contribution is 2.30. The number of nitrogens with one attached hydrogen (secondary N) is 2. The van der Waals surface area contributed by atoms with Crippen molar-refractivity contribution in [1.82, 2.24) is 10.2 Å². The summed E-state index contributed by atoms with van der Waals surface area (Å²) in [6, 6.07) is 3.01. The first-order valence-electron chi connectivity index (χ1n) is 7.15. The Labute approximate surface area is 135 Å². The van der Waals surface area contributed by atoms with E-state index in [4.69, 9.17) is 16.3 Å². The number of carbonyl (C=O) groups excluding carboxylic acids is 2. The van der Waals surface area contributed by atoms with E-state index in [-0.39, 0.29) is 10.9 Å². The number of hydrogen-bond donors (Lipinski definition) is 2. The summed E-state index contributed by atoms with van der Waals surface area (Å²) in [5.74, 6) is 0.0950. The number of benzene rings is 1. The molecule has 0 saturated heterocycles. The smallest absolute Gasteiger partial charge is 0.255 e. The van der Waals surface area contributed by atoms with E-state index in [1.165, 1.54) is 19.2 Å². The van der Waals surface area contributed by atoms with Crippen LogP contribution in [0.15, 0.2) is 12.1 Å². The van der Waals surface area contributed by atoms with Crippen molar-refractivity contribution in [3.05, 3.63) is 22.7 Å². The molecule has 0 fully saturated rings. The lowest BCUT2D eigenvalue weighted by Crippen LogP contribution is -2.34. The van der Waals surface area contributed by atoms with Gasteiger partial charge in [0.05, 0.1) is 23.4 Å². The molecule has 0 aliphatic rings. The molecule has 1 rings (SSSR count). The van der Waals surface area contributed by atoms with Gasteiger partial charge in [-0.3, -0.25) is 9.59 Å². The summed E-state index contributed by atoms with van der Waals surface area (Å²) in [6.45, 7) is 7.34. The van der Waals surface area contributed by atoms with Gasteiger partial charge in [-0.2, -0.15) is 0 Å². The number of carbonyl (C=O) groups is 2. The van der Waals surface area contributed by atoms with Crippen molar-refractivity contribution >= 4 is 29.6 Å². The largest absolute Gasteiger partial charge is 0.496 e. The monoisotopic (exact) mass is 327 g/mol. The third-order valence-electron chi connectivity index (χ3n) is 3.36. The lowest BCUT2D eigenvalue weighted by atomic mass is 10.1. The maximum absolute atomic E-state index is 12.2. The highest BCUT2D eigenvalue weighted by atomic mass is 35.5. The summed E-state index contributed by atoms with van der Waals surface area (Å²) in [6.07, 6.45) is 0.518. The number of likely N-dealkylation sites (N-methyl/N-ethyl adjacent to an activating group) is 1. The zero-order valence-electron chi connectivity index (χ0n) is 13.1.